The van der Waals surface area contributed by atoms with Crippen LogP contribution in [-0.2, 0) is 16.2 Å². The highest BCUT2D eigenvalue weighted by atomic mass is 32.2. The first-order valence-corrected chi connectivity index (χ1v) is 11.5. The molecule has 1 atom stereocenters. The molecule has 0 spiro atoms. The topological polar surface area (TPSA) is 76.3 Å². The molecule has 1 aliphatic rings. The van der Waals surface area contributed by atoms with Crippen molar-refractivity contribution >= 4 is 16.1 Å². The van der Waals surface area contributed by atoms with E-state index in [0.29, 0.717) is 24.9 Å². The smallest absolute Gasteiger partial charge is 0.416 e. The van der Waals surface area contributed by atoms with E-state index >= 15 is 0 Å². The van der Waals surface area contributed by atoms with Crippen LogP contribution in [0, 0.1) is 0 Å². The van der Waals surface area contributed by atoms with Crippen LogP contribution in [0.4, 0.5) is 13.2 Å². The predicted octanol–water partition coefficient (Wildman–Crippen LogP) is 4.94. The Morgan fingerprint density at radius 3 is 2.44 bits per heavy atom. The van der Waals surface area contributed by atoms with Crippen molar-refractivity contribution in [2.75, 3.05) is 13.1 Å². The number of benzene rings is 2. The Hall–Kier alpha value is -2.98. The molecular weight excluding hydrogens is 443 g/mol. The molecule has 0 aliphatic carbocycles. The van der Waals surface area contributed by atoms with Gasteiger partial charge in [-0.3, -0.25) is 0 Å². The third kappa shape index (κ3) is 5.08. The van der Waals surface area contributed by atoms with Gasteiger partial charge >= 0.3 is 6.18 Å². The lowest BCUT2D eigenvalue weighted by Crippen LogP contribution is -2.38. The van der Waals surface area contributed by atoms with Gasteiger partial charge in [-0.25, -0.2) is 8.42 Å². The zero-order chi connectivity index (χ0) is 22.8. The summed E-state index contributed by atoms with van der Waals surface area (Å²) in [5.74, 6) is 0.0730. The summed E-state index contributed by atoms with van der Waals surface area (Å²) in [5, 5.41) is 9.14. The van der Waals surface area contributed by atoms with Gasteiger partial charge in [-0.1, -0.05) is 30.3 Å². The number of aromatic nitrogens is 2. The van der Waals surface area contributed by atoms with E-state index in [1.807, 2.05) is 30.3 Å². The van der Waals surface area contributed by atoms with Gasteiger partial charge in [0.25, 0.3) is 0 Å². The van der Waals surface area contributed by atoms with Crippen molar-refractivity contribution in [3.05, 3.63) is 77.0 Å². The fourth-order valence-corrected chi connectivity index (χ4v) is 4.78. The van der Waals surface area contributed by atoms with E-state index in [0.717, 1.165) is 17.7 Å². The van der Waals surface area contributed by atoms with Crippen molar-refractivity contribution in [2.45, 2.75) is 24.9 Å². The lowest BCUT2D eigenvalue weighted by Gasteiger charge is -2.29. The standard InChI is InChI=1S/C22H20F3N3O3S/c23-22(24,25)19-10-8-17(9-11-19)20-26-27-21(31-20)18-7-4-13-28(15-18)32(29,30)14-12-16-5-2-1-3-6-16/h1-3,5-6,8-12,14,18H,4,7,13,15H2/b14-12+. The minimum Gasteiger partial charge on any atom is -0.420 e. The normalized spacial score (nSPS) is 18.3. The summed E-state index contributed by atoms with van der Waals surface area (Å²) in [4.78, 5) is 0. The maximum atomic E-state index is 12.8. The zero-order valence-electron chi connectivity index (χ0n) is 16.9. The average Bonchev–Trinajstić information content (AvgIpc) is 3.29. The summed E-state index contributed by atoms with van der Waals surface area (Å²) in [6, 6.07) is 13.6. The lowest BCUT2D eigenvalue weighted by molar-refractivity contribution is -0.137. The number of piperidine rings is 1. The molecule has 1 saturated heterocycles. The first-order valence-electron chi connectivity index (χ1n) is 9.97. The van der Waals surface area contributed by atoms with Gasteiger partial charge in [0.05, 0.1) is 11.5 Å². The number of hydrogen-bond donors (Lipinski definition) is 0. The number of rotatable bonds is 5. The van der Waals surface area contributed by atoms with E-state index in [4.69, 9.17) is 4.42 Å². The Bertz CT molecular complexity index is 1190. The van der Waals surface area contributed by atoms with Crippen LogP contribution in [0.15, 0.2) is 64.4 Å². The monoisotopic (exact) mass is 463 g/mol. The molecule has 0 saturated carbocycles. The van der Waals surface area contributed by atoms with E-state index in [9.17, 15) is 21.6 Å². The summed E-state index contributed by atoms with van der Waals surface area (Å²) >= 11 is 0. The molecule has 0 bridgehead atoms. The summed E-state index contributed by atoms with van der Waals surface area (Å²) in [6.07, 6.45) is -1.58. The fraction of sp³-hybridized carbons (Fsp3) is 0.273. The van der Waals surface area contributed by atoms with Crippen LogP contribution in [0.3, 0.4) is 0 Å². The molecule has 2 heterocycles. The van der Waals surface area contributed by atoms with E-state index in [1.54, 1.807) is 6.08 Å². The van der Waals surface area contributed by atoms with Crippen molar-refractivity contribution in [3.8, 4) is 11.5 Å². The van der Waals surface area contributed by atoms with Crippen LogP contribution >= 0.6 is 0 Å². The van der Waals surface area contributed by atoms with Gasteiger partial charge < -0.3 is 4.42 Å². The molecule has 2 aromatic carbocycles. The second-order valence-corrected chi connectivity index (χ2v) is 9.29. The quantitative estimate of drug-likeness (QED) is 0.536. The van der Waals surface area contributed by atoms with Gasteiger partial charge in [0.1, 0.15) is 0 Å². The molecule has 32 heavy (non-hydrogen) atoms. The van der Waals surface area contributed by atoms with Crippen molar-refractivity contribution in [1.29, 1.82) is 0 Å². The SMILES string of the molecule is O=S(=O)(/C=C/c1ccccc1)N1CCCC(c2nnc(-c3ccc(C(F)(F)F)cc3)o2)C1. The molecular formula is C22H20F3N3O3S. The van der Waals surface area contributed by atoms with E-state index < -0.39 is 21.8 Å². The molecule has 168 valence electrons. The van der Waals surface area contributed by atoms with Crippen molar-refractivity contribution in [1.82, 2.24) is 14.5 Å². The van der Waals surface area contributed by atoms with Crippen LogP contribution < -0.4 is 0 Å². The molecule has 4 rings (SSSR count). The summed E-state index contributed by atoms with van der Waals surface area (Å²) in [5.41, 5.74) is 0.378. The highest BCUT2D eigenvalue weighted by Crippen LogP contribution is 2.32. The Morgan fingerprint density at radius 1 is 1.03 bits per heavy atom. The fourth-order valence-electron chi connectivity index (χ4n) is 3.51. The number of hydrogen-bond acceptors (Lipinski definition) is 5. The minimum absolute atomic E-state index is 0.0951. The molecule has 1 aliphatic heterocycles. The van der Waals surface area contributed by atoms with Gasteiger partial charge in [-0.2, -0.15) is 17.5 Å². The number of nitrogens with zero attached hydrogens (tertiary/aromatic N) is 3. The molecule has 0 amide bonds. The Balaban J connectivity index is 1.47. The maximum Gasteiger partial charge on any atom is 0.416 e. The number of sulfonamides is 1. The Labute approximate surface area is 183 Å². The van der Waals surface area contributed by atoms with Crippen LogP contribution in [-0.4, -0.2) is 36.0 Å². The second-order valence-electron chi connectivity index (χ2n) is 7.48. The molecule has 6 nitrogen and oxygen atoms in total. The second kappa shape index (κ2) is 8.87. The largest absolute Gasteiger partial charge is 0.420 e. The maximum absolute atomic E-state index is 12.8. The van der Waals surface area contributed by atoms with Crippen LogP contribution in [0.25, 0.3) is 17.5 Å². The number of alkyl halides is 3. The van der Waals surface area contributed by atoms with E-state index in [1.165, 1.54) is 21.8 Å². The molecule has 1 unspecified atom stereocenters. The molecule has 0 N–H and O–H groups in total. The highest BCUT2D eigenvalue weighted by molar-refractivity contribution is 7.92. The molecule has 1 fully saturated rings. The number of halogens is 3. The van der Waals surface area contributed by atoms with Gasteiger partial charge in [0, 0.05) is 24.1 Å². The lowest BCUT2D eigenvalue weighted by atomic mass is 10.00. The molecule has 3 aromatic rings. The highest BCUT2D eigenvalue weighted by Gasteiger charge is 2.32. The van der Waals surface area contributed by atoms with Gasteiger partial charge in [0.2, 0.25) is 21.8 Å². The van der Waals surface area contributed by atoms with E-state index in [2.05, 4.69) is 10.2 Å². The summed E-state index contributed by atoms with van der Waals surface area (Å²) in [7, 11) is -3.63. The minimum atomic E-state index is -4.43. The van der Waals surface area contributed by atoms with E-state index in [-0.39, 0.29) is 24.2 Å². The predicted molar refractivity (Wildman–Crippen MR) is 113 cm³/mol. The summed E-state index contributed by atoms with van der Waals surface area (Å²) in [6.45, 7) is 0.577. The Kier molecular flexibility index (Phi) is 6.16. The van der Waals surface area contributed by atoms with Gasteiger partial charge in [0.15, 0.2) is 0 Å². The first-order chi connectivity index (χ1) is 15.2. The Morgan fingerprint density at radius 2 is 1.75 bits per heavy atom. The average molecular weight is 463 g/mol. The van der Waals surface area contributed by atoms with Crippen molar-refractivity contribution in [3.63, 3.8) is 0 Å². The first kappa shape index (κ1) is 22.2. The molecule has 10 heteroatoms. The third-order valence-electron chi connectivity index (χ3n) is 5.23. The molecule has 1 aromatic heterocycles. The van der Waals surface area contributed by atoms with Crippen LogP contribution in [0.1, 0.15) is 35.8 Å². The van der Waals surface area contributed by atoms with Gasteiger partial charge in [-0.15, -0.1) is 10.2 Å². The van der Waals surface area contributed by atoms with Gasteiger partial charge in [-0.05, 0) is 48.7 Å². The van der Waals surface area contributed by atoms with Crippen LogP contribution in [0.2, 0.25) is 0 Å². The third-order valence-corrected chi connectivity index (χ3v) is 6.76. The summed E-state index contributed by atoms with van der Waals surface area (Å²) < 4.78 is 70.8. The van der Waals surface area contributed by atoms with Crippen LogP contribution in [0.5, 0.6) is 0 Å². The zero-order valence-corrected chi connectivity index (χ0v) is 17.7. The van der Waals surface area contributed by atoms with Crippen molar-refractivity contribution < 1.29 is 26.0 Å². The van der Waals surface area contributed by atoms with Crippen molar-refractivity contribution in [2.24, 2.45) is 0 Å². The molecule has 0 radical (unpaired) electrons.